The third-order valence-electron chi connectivity index (χ3n) is 2.48. The summed E-state index contributed by atoms with van der Waals surface area (Å²) in [6, 6.07) is 6.08. The Labute approximate surface area is 121 Å². The van der Waals surface area contributed by atoms with Crippen LogP contribution in [0.3, 0.4) is 0 Å². The van der Waals surface area contributed by atoms with Crippen molar-refractivity contribution < 1.29 is 13.8 Å². The Morgan fingerprint density at radius 2 is 2.33 bits per heavy atom. The van der Waals surface area contributed by atoms with Gasteiger partial charge in [0.05, 0.1) is 18.5 Å². The van der Waals surface area contributed by atoms with Gasteiger partial charge in [-0.05, 0) is 30.4 Å². The van der Waals surface area contributed by atoms with Crippen LogP contribution in [0.15, 0.2) is 44.5 Å². The Morgan fingerprint density at radius 3 is 3.00 bits per heavy atom. The smallest absolute Gasteiger partial charge is 0.433 e. The highest BCUT2D eigenvalue weighted by atomic mass is 32.1. The SMILES string of the molecule is O=[N+]([O-])c1ccc(C=Nn2c(-c3ccco3)n[nH]c2=S)o1. The van der Waals surface area contributed by atoms with Gasteiger partial charge in [-0.15, -0.1) is 5.10 Å². The molecule has 3 aromatic rings. The van der Waals surface area contributed by atoms with Crippen molar-refractivity contribution >= 4 is 24.3 Å². The Balaban J connectivity index is 1.94. The highest BCUT2D eigenvalue weighted by Crippen LogP contribution is 2.18. The number of hydrogen-bond donors (Lipinski definition) is 1. The summed E-state index contributed by atoms with van der Waals surface area (Å²) >= 11 is 5.06. The maximum absolute atomic E-state index is 10.5. The Hall–Kier alpha value is -3.01. The molecule has 21 heavy (non-hydrogen) atoms. The molecule has 10 heteroatoms. The average Bonchev–Trinajstić information content (AvgIpc) is 3.17. The zero-order valence-electron chi connectivity index (χ0n) is 10.3. The summed E-state index contributed by atoms with van der Waals surface area (Å²) in [6.07, 6.45) is 2.79. The Bertz CT molecular complexity index is 857. The van der Waals surface area contributed by atoms with Gasteiger partial charge in [0.15, 0.2) is 11.5 Å². The molecule has 3 rings (SSSR count). The number of aromatic nitrogens is 3. The maximum Gasteiger partial charge on any atom is 0.433 e. The van der Waals surface area contributed by atoms with Gasteiger partial charge in [-0.2, -0.15) is 9.78 Å². The summed E-state index contributed by atoms with van der Waals surface area (Å²) in [7, 11) is 0. The molecule has 0 aliphatic carbocycles. The quantitative estimate of drug-likeness (QED) is 0.343. The fraction of sp³-hybridized carbons (Fsp3) is 0. The molecule has 0 saturated carbocycles. The molecular formula is C11H7N5O4S. The molecule has 106 valence electrons. The summed E-state index contributed by atoms with van der Waals surface area (Å²) in [5.41, 5.74) is 0. The number of nitrogens with one attached hydrogen (secondary N) is 1. The highest BCUT2D eigenvalue weighted by Gasteiger charge is 2.12. The van der Waals surface area contributed by atoms with Crippen LogP contribution in [0.4, 0.5) is 5.88 Å². The minimum atomic E-state index is -0.630. The van der Waals surface area contributed by atoms with Crippen LogP contribution in [0.5, 0.6) is 0 Å². The first-order chi connectivity index (χ1) is 10.1. The molecule has 0 spiro atoms. The van der Waals surface area contributed by atoms with Crippen molar-refractivity contribution in [1.29, 1.82) is 0 Å². The minimum absolute atomic E-state index is 0.218. The molecule has 0 bridgehead atoms. The first kappa shape index (κ1) is 13.0. The van der Waals surface area contributed by atoms with E-state index in [1.807, 2.05) is 0 Å². The molecule has 3 heterocycles. The van der Waals surface area contributed by atoms with Gasteiger partial charge in [-0.25, -0.2) is 5.10 Å². The van der Waals surface area contributed by atoms with E-state index in [1.54, 1.807) is 12.1 Å². The fourth-order valence-electron chi connectivity index (χ4n) is 1.59. The van der Waals surface area contributed by atoms with E-state index >= 15 is 0 Å². The number of nitro groups is 1. The standard InChI is InChI=1S/C11H7N5O4S/c17-16(18)9-4-3-7(20-9)6-12-15-10(13-14-11(15)21)8-2-1-5-19-8/h1-6H,(H,14,21). The van der Waals surface area contributed by atoms with E-state index in [-0.39, 0.29) is 16.4 Å². The predicted octanol–water partition coefficient (Wildman–Crippen LogP) is 2.58. The monoisotopic (exact) mass is 305 g/mol. The van der Waals surface area contributed by atoms with Crippen molar-refractivity contribution in [2.75, 3.05) is 0 Å². The third kappa shape index (κ3) is 2.51. The predicted molar refractivity (Wildman–Crippen MR) is 73.5 cm³/mol. The number of aromatic amines is 1. The normalized spacial score (nSPS) is 11.2. The van der Waals surface area contributed by atoms with E-state index in [0.29, 0.717) is 11.6 Å². The van der Waals surface area contributed by atoms with E-state index in [9.17, 15) is 10.1 Å². The van der Waals surface area contributed by atoms with Crippen LogP contribution in [0, 0.1) is 14.9 Å². The van der Waals surface area contributed by atoms with Crippen molar-refractivity contribution in [1.82, 2.24) is 14.9 Å². The number of furan rings is 2. The average molecular weight is 305 g/mol. The molecule has 0 aliphatic rings. The summed E-state index contributed by atoms with van der Waals surface area (Å²) in [5, 5.41) is 21.2. The van der Waals surface area contributed by atoms with E-state index < -0.39 is 4.92 Å². The van der Waals surface area contributed by atoms with Crippen LogP contribution in [0.1, 0.15) is 5.76 Å². The number of hydrogen-bond acceptors (Lipinski definition) is 7. The van der Waals surface area contributed by atoms with Gasteiger partial charge in [0.2, 0.25) is 10.6 Å². The van der Waals surface area contributed by atoms with Crippen molar-refractivity contribution in [2.45, 2.75) is 0 Å². The molecule has 0 amide bonds. The molecule has 0 atom stereocenters. The van der Waals surface area contributed by atoms with Crippen molar-refractivity contribution in [3.05, 3.63) is 51.2 Å². The van der Waals surface area contributed by atoms with Crippen LogP contribution in [0.25, 0.3) is 11.6 Å². The zero-order valence-corrected chi connectivity index (χ0v) is 11.1. The van der Waals surface area contributed by atoms with Crippen molar-refractivity contribution in [3.8, 4) is 11.6 Å². The molecule has 0 unspecified atom stereocenters. The van der Waals surface area contributed by atoms with E-state index in [2.05, 4.69) is 15.3 Å². The molecule has 0 aromatic carbocycles. The molecule has 0 aliphatic heterocycles. The van der Waals surface area contributed by atoms with Crippen LogP contribution in [0.2, 0.25) is 0 Å². The largest absolute Gasteiger partial charge is 0.461 e. The lowest BCUT2D eigenvalue weighted by Gasteiger charge is -1.95. The number of rotatable bonds is 4. The second-order valence-electron chi connectivity index (χ2n) is 3.82. The van der Waals surface area contributed by atoms with Crippen LogP contribution < -0.4 is 0 Å². The van der Waals surface area contributed by atoms with Gasteiger partial charge < -0.3 is 8.83 Å². The molecule has 0 fully saturated rings. The number of nitrogens with zero attached hydrogens (tertiary/aromatic N) is 4. The lowest BCUT2D eigenvalue weighted by Crippen LogP contribution is -1.93. The van der Waals surface area contributed by atoms with E-state index in [4.69, 9.17) is 21.1 Å². The van der Waals surface area contributed by atoms with Crippen molar-refractivity contribution in [3.63, 3.8) is 0 Å². The fourth-order valence-corrected chi connectivity index (χ4v) is 1.77. The second kappa shape index (κ2) is 5.17. The molecule has 9 nitrogen and oxygen atoms in total. The van der Waals surface area contributed by atoms with Gasteiger partial charge in [0.25, 0.3) is 0 Å². The summed E-state index contributed by atoms with van der Waals surface area (Å²) < 4.78 is 11.8. The summed E-state index contributed by atoms with van der Waals surface area (Å²) in [6.45, 7) is 0. The van der Waals surface area contributed by atoms with E-state index in [0.717, 1.165) is 0 Å². The molecule has 1 N–H and O–H groups in total. The van der Waals surface area contributed by atoms with Gasteiger partial charge in [-0.3, -0.25) is 10.1 Å². The minimum Gasteiger partial charge on any atom is -0.461 e. The molecule has 0 radical (unpaired) electrons. The van der Waals surface area contributed by atoms with Crippen molar-refractivity contribution in [2.24, 2.45) is 5.10 Å². The maximum atomic E-state index is 10.5. The molecular weight excluding hydrogens is 298 g/mol. The van der Waals surface area contributed by atoms with Gasteiger partial charge >= 0.3 is 5.88 Å². The Morgan fingerprint density at radius 1 is 1.48 bits per heavy atom. The lowest BCUT2D eigenvalue weighted by molar-refractivity contribution is -0.402. The zero-order chi connectivity index (χ0) is 14.8. The second-order valence-corrected chi connectivity index (χ2v) is 4.21. The van der Waals surface area contributed by atoms with Crippen LogP contribution in [-0.4, -0.2) is 26.0 Å². The number of H-pyrrole nitrogens is 1. The molecule has 3 aromatic heterocycles. The Kier molecular flexibility index (Phi) is 3.20. The molecule has 0 saturated heterocycles. The summed E-state index contributed by atoms with van der Waals surface area (Å²) in [4.78, 5) is 9.90. The van der Waals surface area contributed by atoms with Gasteiger partial charge in [0.1, 0.15) is 4.92 Å². The third-order valence-corrected chi connectivity index (χ3v) is 2.75. The summed E-state index contributed by atoms with van der Waals surface area (Å²) in [5.74, 6) is 0.709. The van der Waals surface area contributed by atoms with Gasteiger partial charge in [0, 0.05) is 0 Å². The van der Waals surface area contributed by atoms with E-state index in [1.165, 1.54) is 29.3 Å². The topological polar surface area (TPSA) is 115 Å². The first-order valence-corrected chi connectivity index (χ1v) is 6.06. The van der Waals surface area contributed by atoms with Crippen LogP contribution >= 0.6 is 12.2 Å². The first-order valence-electron chi connectivity index (χ1n) is 5.65. The van der Waals surface area contributed by atoms with Crippen LogP contribution in [-0.2, 0) is 0 Å². The highest BCUT2D eigenvalue weighted by molar-refractivity contribution is 7.71. The lowest BCUT2D eigenvalue weighted by atomic mass is 10.4. The van der Waals surface area contributed by atoms with Gasteiger partial charge in [-0.1, -0.05) is 0 Å².